The van der Waals surface area contributed by atoms with Gasteiger partial charge in [0.2, 0.25) is 0 Å². The largest absolute Gasteiger partial charge is 0.480 e. The summed E-state index contributed by atoms with van der Waals surface area (Å²) >= 11 is 6.35. The van der Waals surface area contributed by atoms with Gasteiger partial charge in [-0.25, -0.2) is 0 Å². The lowest BCUT2D eigenvalue weighted by Crippen LogP contribution is -2.52. The lowest BCUT2D eigenvalue weighted by atomic mass is 9.78. The fraction of sp³-hybridized carbons (Fsp3) is 0.190. The number of carbonyl (C=O) groups is 1. The summed E-state index contributed by atoms with van der Waals surface area (Å²) < 4.78 is 6.09. The molecule has 0 saturated carbocycles. The molecule has 3 aromatic carbocycles. The molecular formula is C21H18ClNO3. The number of hydrogen-bond acceptors (Lipinski definition) is 3. The summed E-state index contributed by atoms with van der Waals surface area (Å²) in [6.45, 7) is 0. The molecule has 0 saturated heterocycles. The third-order valence-electron chi connectivity index (χ3n) is 4.99. The van der Waals surface area contributed by atoms with E-state index in [0.29, 0.717) is 35.8 Å². The molecule has 0 heterocycles. The first-order valence-electron chi connectivity index (χ1n) is 8.45. The van der Waals surface area contributed by atoms with Crippen molar-refractivity contribution in [3.8, 4) is 11.5 Å². The fourth-order valence-electron chi connectivity index (χ4n) is 3.52. The van der Waals surface area contributed by atoms with Crippen molar-refractivity contribution in [3.05, 3.63) is 70.7 Å². The van der Waals surface area contributed by atoms with Gasteiger partial charge in [0.15, 0.2) is 0 Å². The van der Waals surface area contributed by atoms with Crippen molar-refractivity contribution in [2.75, 3.05) is 0 Å². The summed E-state index contributed by atoms with van der Waals surface area (Å²) in [5.41, 5.74) is 6.88. The SMILES string of the molecule is NC1(C(=O)O)CCc2ccc(Oc3cccc4cccc(Cl)c34)cc2C1. The molecule has 26 heavy (non-hydrogen) atoms. The van der Waals surface area contributed by atoms with Crippen LogP contribution in [0.1, 0.15) is 17.5 Å². The van der Waals surface area contributed by atoms with E-state index >= 15 is 0 Å². The normalized spacial score (nSPS) is 19.2. The Hall–Kier alpha value is -2.56. The molecule has 1 atom stereocenters. The van der Waals surface area contributed by atoms with Gasteiger partial charge in [0.1, 0.15) is 17.0 Å². The van der Waals surface area contributed by atoms with Crippen LogP contribution in [0.3, 0.4) is 0 Å². The van der Waals surface area contributed by atoms with E-state index < -0.39 is 11.5 Å². The van der Waals surface area contributed by atoms with Crippen molar-refractivity contribution in [2.24, 2.45) is 5.73 Å². The zero-order chi connectivity index (χ0) is 18.3. The second-order valence-electron chi connectivity index (χ2n) is 6.76. The molecule has 0 bridgehead atoms. The third-order valence-corrected chi connectivity index (χ3v) is 5.31. The summed E-state index contributed by atoms with van der Waals surface area (Å²) in [4.78, 5) is 11.5. The quantitative estimate of drug-likeness (QED) is 0.712. The minimum absolute atomic E-state index is 0.297. The molecule has 0 amide bonds. The number of rotatable bonds is 3. The van der Waals surface area contributed by atoms with Crippen LogP contribution in [0.2, 0.25) is 5.02 Å². The first-order chi connectivity index (χ1) is 12.5. The number of aryl methyl sites for hydroxylation is 1. The Morgan fingerprint density at radius 3 is 2.65 bits per heavy atom. The molecule has 0 spiro atoms. The van der Waals surface area contributed by atoms with Gasteiger partial charge in [0.25, 0.3) is 0 Å². The van der Waals surface area contributed by atoms with E-state index in [9.17, 15) is 9.90 Å². The van der Waals surface area contributed by atoms with Gasteiger partial charge in [0, 0.05) is 11.8 Å². The molecule has 132 valence electrons. The molecule has 1 unspecified atom stereocenters. The second kappa shape index (κ2) is 6.31. The van der Waals surface area contributed by atoms with Crippen LogP contribution in [-0.2, 0) is 17.6 Å². The zero-order valence-electron chi connectivity index (χ0n) is 14.0. The highest BCUT2D eigenvalue weighted by molar-refractivity contribution is 6.36. The minimum atomic E-state index is -1.21. The maximum Gasteiger partial charge on any atom is 0.324 e. The zero-order valence-corrected chi connectivity index (χ0v) is 14.8. The van der Waals surface area contributed by atoms with Crippen LogP contribution in [0, 0.1) is 0 Å². The number of fused-ring (bicyclic) bond motifs is 2. The first kappa shape index (κ1) is 16.9. The Kier molecular flexibility index (Phi) is 4.10. The van der Waals surface area contributed by atoms with Gasteiger partial charge in [-0.2, -0.15) is 0 Å². The van der Waals surface area contributed by atoms with Crippen LogP contribution >= 0.6 is 11.6 Å². The average molecular weight is 368 g/mol. The van der Waals surface area contributed by atoms with E-state index in [1.807, 2.05) is 54.6 Å². The second-order valence-corrected chi connectivity index (χ2v) is 7.17. The van der Waals surface area contributed by atoms with Crippen LogP contribution in [0.5, 0.6) is 11.5 Å². The molecule has 0 fully saturated rings. The van der Waals surface area contributed by atoms with Gasteiger partial charge in [-0.15, -0.1) is 0 Å². The van der Waals surface area contributed by atoms with Gasteiger partial charge in [-0.1, -0.05) is 41.9 Å². The van der Waals surface area contributed by atoms with Crippen LogP contribution < -0.4 is 10.5 Å². The highest BCUT2D eigenvalue weighted by Crippen LogP contribution is 2.36. The number of benzene rings is 3. The molecule has 3 N–H and O–H groups in total. The van der Waals surface area contributed by atoms with Crippen molar-refractivity contribution in [2.45, 2.75) is 24.8 Å². The number of carboxylic acid groups (broad SMARTS) is 1. The molecule has 0 radical (unpaired) electrons. The van der Waals surface area contributed by atoms with Crippen molar-refractivity contribution >= 4 is 28.3 Å². The Labute approximate surface area is 156 Å². The van der Waals surface area contributed by atoms with Gasteiger partial charge < -0.3 is 15.6 Å². The van der Waals surface area contributed by atoms with Crippen molar-refractivity contribution in [3.63, 3.8) is 0 Å². The van der Waals surface area contributed by atoms with Crippen molar-refractivity contribution in [1.29, 1.82) is 0 Å². The monoisotopic (exact) mass is 367 g/mol. The smallest absolute Gasteiger partial charge is 0.324 e. The average Bonchev–Trinajstić information content (AvgIpc) is 2.61. The minimum Gasteiger partial charge on any atom is -0.480 e. The molecule has 0 aromatic heterocycles. The third kappa shape index (κ3) is 2.91. The summed E-state index contributed by atoms with van der Waals surface area (Å²) in [5, 5.41) is 11.9. The fourth-order valence-corrected chi connectivity index (χ4v) is 3.79. The summed E-state index contributed by atoms with van der Waals surface area (Å²) in [5.74, 6) is 0.349. The Bertz CT molecular complexity index is 1010. The number of hydrogen-bond donors (Lipinski definition) is 2. The molecule has 5 heteroatoms. The van der Waals surface area contributed by atoms with E-state index in [4.69, 9.17) is 22.1 Å². The van der Waals surface area contributed by atoms with Crippen LogP contribution in [0.4, 0.5) is 0 Å². The summed E-state index contributed by atoms with van der Waals surface area (Å²) in [7, 11) is 0. The number of carboxylic acids is 1. The van der Waals surface area contributed by atoms with Gasteiger partial charge in [-0.3, -0.25) is 4.79 Å². The van der Waals surface area contributed by atoms with Gasteiger partial charge in [-0.05, 0) is 53.6 Å². The number of ether oxygens (including phenoxy) is 1. The molecule has 0 aliphatic heterocycles. The standard InChI is InChI=1S/C21H18ClNO3/c22-17-5-1-3-14-4-2-6-18(19(14)17)26-16-8-7-13-9-10-21(23,20(24)25)12-15(13)11-16/h1-8,11H,9-10,12,23H2,(H,24,25). The van der Waals surface area contributed by atoms with Gasteiger partial charge in [0.05, 0.1) is 5.02 Å². The molecule has 1 aliphatic rings. The molecule has 4 rings (SSSR count). The van der Waals surface area contributed by atoms with Crippen molar-refractivity contribution in [1.82, 2.24) is 0 Å². The Morgan fingerprint density at radius 1 is 1.12 bits per heavy atom. The van der Waals surface area contributed by atoms with Crippen LogP contribution in [0.15, 0.2) is 54.6 Å². The van der Waals surface area contributed by atoms with Crippen molar-refractivity contribution < 1.29 is 14.6 Å². The predicted molar refractivity (Wildman–Crippen MR) is 102 cm³/mol. The summed E-state index contributed by atoms with van der Waals surface area (Å²) in [6, 6.07) is 17.3. The van der Waals surface area contributed by atoms with Gasteiger partial charge >= 0.3 is 5.97 Å². The summed E-state index contributed by atoms with van der Waals surface area (Å²) in [6.07, 6.45) is 1.39. The Morgan fingerprint density at radius 2 is 1.88 bits per heavy atom. The van der Waals surface area contributed by atoms with Crippen LogP contribution in [-0.4, -0.2) is 16.6 Å². The highest BCUT2D eigenvalue weighted by Gasteiger charge is 2.37. The van der Waals surface area contributed by atoms with E-state index in [-0.39, 0.29) is 0 Å². The van der Waals surface area contributed by atoms with Crippen LogP contribution in [0.25, 0.3) is 10.8 Å². The highest BCUT2D eigenvalue weighted by atomic mass is 35.5. The number of nitrogens with two attached hydrogens (primary N) is 1. The lowest BCUT2D eigenvalue weighted by Gasteiger charge is -2.31. The number of halogens is 1. The number of aliphatic carboxylic acids is 1. The maximum absolute atomic E-state index is 11.5. The Balaban J connectivity index is 1.70. The van der Waals surface area contributed by atoms with E-state index in [2.05, 4.69) is 0 Å². The topological polar surface area (TPSA) is 72.6 Å². The molecule has 3 aromatic rings. The van der Waals surface area contributed by atoms with E-state index in [1.54, 1.807) is 0 Å². The molecule has 1 aliphatic carbocycles. The maximum atomic E-state index is 11.5. The lowest BCUT2D eigenvalue weighted by molar-refractivity contribution is -0.143. The molecular weight excluding hydrogens is 350 g/mol. The predicted octanol–water partition coefficient (Wildman–Crippen LogP) is 4.56. The van der Waals surface area contributed by atoms with E-state index in [0.717, 1.165) is 21.9 Å². The molecule has 4 nitrogen and oxygen atoms in total. The van der Waals surface area contributed by atoms with E-state index in [1.165, 1.54) is 0 Å². The first-order valence-corrected chi connectivity index (χ1v) is 8.83.